The molecule has 1 heterocycles. The second-order valence-electron chi connectivity index (χ2n) is 7.08. The van der Waals surface area contributed by atoms with Crippen molar-refractivity contribution in [3.8, 4) is 0 Å². The number of benzene rings is 3. The quantitative estimate of drug-likeness (QED) is 0.530. The molecule has 1 aliphatic heterocycles. The molecule has 0 bridgehead atoms. The Labute approximate surface area is 188 Å². The summed E-state index contributed by atoms with van der Waals surface area (Å²) in [6, 6.07) is 20.2. The van der Waals surface area contributed by atoms with Crippen LogP contribution in [0.5, 0.6) is 0 Å². The topological polar surface area (TPSA) is 49.7 Å². The van der Waals surface area contributed by atoms with Gasteiger partial charge in [0.05, 0.1) is 16.3 Å². The van der Waals surface area contributed by atoms with Crippen molar-refractivity contribution in [1.29, 1.82) is 0 Å². The third-order valence-corrected chi connectivity index (χ3v) is 7.18. The van der Waals surface area contributed by atoms with Crippen LogP contribution in [0.3, 0.4) is 0 Å². The van der Waals surface area contributed by atoms with Crippen LogP contribution in [0.25, 0.3) is 0 Å². The lowest BCUT2D eigenvalue weighted by molar-refractivity contribution is 0.594. The molecule has 0 unspecified atom stereocenters. The Morgan fingerprint density at radius 1 is 0.967 bits per heavy atom. The highest BCUT2D eigenvalue weighted by Gasteiger charge is 2.26. The summed E-state index contributed by atoms with van der Waals surface area (Å²) in [6.45, 7) is 2.59. The summed E-state index contributed by atoms with van der Waals surface area (Å²) in [5, 5.41) is 0.538. The van der Waals surface area contributed by atoms with E-state index >= 15 is 0 Å². The Morgan fingerprint density at radius 2 is 1.67 bits per heavy atom. The van der Waals surface area contributed by atoms with Crippen molar-refractivity contribution in [3.63, 3.8) is 0 Å². The zero-order valence-corrected chi connectivity index (χ0v) is 19.1. The number of hydrogen-bond donors (Lipinski definition) is 0. The van der Waals surface area contributed by atoms with Crippen molar-refractivity contribution in [2.24, 2.45) is 4.99 Å². The Kier molecular flexibility index (Phi) is 6.56. The fourth-order valence-electron chi connectivity index (χ4n) is 3.54. The van der Waals surface area contributed by atoms with Gasteiger partial charge in [-0.05, 0) is 49.2 Å². The van der Waals surface area contributed by atoms with Crippen molar-refractivity contribution in [2.75, 3.05) is 17.9 Å². The number of sulfonamides is 1. The standard InChI is InChI=1S/C23H21ClN2O2S.ClH/c1-16-7-10-19(11-8-16)29(27,28)26(2)22-12-9-18(24)15-21(22)23-20-6-4-3-5-17(20)13-14-25-23;/h3-12,15H,13-14H2,1-2H3;1H. The van der Waals surface area contributed by atoms with E-state index in [-0.39, 0.29) is 17.3 Å². The zero-order valence-electron chi connectivity index (χ0n) is 16.7. The number of aryl methyl sites for hydroxylation is 1. The maximum atomic E-state index is 13.3. The Balaban J connectivity index is 0.00000256. The van der Waals surface area contributed by atoms with E-state index in [0.717, 1.165) is 23.3 Å². The molecule has 0 amide bonds. The van der Waals surface area contributed by atoms with E-state index in [1.165, 1.54) is 9.87 Å². The predicted octanol–water partition coefficient (Wildman–Crippen LogP) is 5.29. The van der Waals surface area contributed by atoms with E-state index in [0.29, 0.717) is 22.8 Å². The van der Waals surface area contributed by atoms with Crippen molar-refractivity contribution >= 4 is 45.4 Å². The molecule has 0 radical (unpaired) electrons. The lowest BCUT2D eigenvalue weighted by Gasteiger charge is -2.25. The van der Waals surface area contributed by atoms with Gasteiger partial charge in [0.15, 0.2) is 0 Å². The van der Waals surface area contributed by atoms with Gasteiger partial charge in [0.25, 0.3) is 10.0 Å². The molecule has 0 N–H and O–H groups in total. The van der Waals surface area contributed by atoms with Gasteiger partial charge in [-0.3, -0.25) is 9.30 Å². The summed E-state index contributed by atoms with van der Waals surface area (Å²) in [5.74, 6) is 0. The number of aliphatic imine (C=N–C) groups is 1. The maximum Gasteiger partial charge on any atom is 0.264 e. The van der Waals surface area contributed by atoms with Gasteiger partial charge in [-0.25, -0.2) is 8.42 Å². The summed E-state index contributed by atoms with van der Waals surface area (Å²) in [6.07, 6.45) is 0.868. The van der Waals surface area contributed by atoms with Crippen LogP contribution in [0.15, 0.2) is 76.6 Å². The van der Waals surface area contributed by atoms with Crippen molar-refractivity contribution in [3.05, 3.63) is 94.0 Å². The summed E-state index contributed by atoms with van der Waals surface area (Å²) in [4.78, 5) is 4.98. The summed E-state index contributed by atoms with van der Waals surface area (Å²) < 4.78 is 27.8. The Bertz CT molecular complexity index is 1210. The van der Waals surface area contributed by atoms with Gasteiger partial charge in [0.1, 0.15) is 0 Å². The monoisotopic (exact) mass is 460 g/mol. The molecule has 3 aromatic rings. The van der Waals surface area contributed by atoms with Gasteiger partial charge >= 0.3 is 0 Å². The minimum Gasteiger partial charge on any atom is -0.284 e. The molecule has 0 saturated heterocycles. The summed E-state index contributed by atoms with van der Waals surface area (Å²) >= 11 is 6.29. The third-order valence-electron chi connectivity index (χ3n) is 5.16. The van der Waals surface area contributed by atoms with Gasteiger partial charge < -0.3 is 0 Å². The van der Waals surface area contributed by atoms with Gasteiger partial charge in [-0.2, -0.15) is 0 Å². The smallest absolute Gasteiger partial charge is 0.264 e. The molecular weight excluding hydrogens is 439 g/mol. The molecule has 1 aliphatic rings. The van der Waals surface area contributed by atoms with Crippen molar-refractivity contribution in [1.82, 2.24) is 0 Å². The first-order valence-electron chi connectivity index (χ1n) is 9.36. The predicted molar refractivity (Wildman–Crippen MR) is 126 cm³/mol. The second-order valence-corrected chi connectivity index (χ2v) is 9.49. The summed E-state index contributed by atoms with van der Waals surface area (Å²) in [7, 11) is -2.16. The van der Waals surface area contributed by atoms with E-state index in [1.54, 1.807) is 49.5 Å². The average Bonchev–Trinajstić information content (AvgIpc) is 2.73. The average molecular weight is 461 g/mol. The molecule has 0 saturated carbocycles. The number of nitrogens with zero attached hydrogens (tertiary/aromatic N) is 2. The molecular formula is C23H22Cl2N2O2S. The fraction of sp³-hybridized carbons (Fsp3) is 0.174. The molecule has 0 aliphatic carbocycles. The molecule has 30 heavy (non-hydrogen) atoms. The molecule has 0 aromatic heterocycles. The van der Waals surface area contributed by atoms with Crippen LogP contribution in [0.1, 0.15) is 22.3 Å². The van der Waals surface area contributed by atoms with Crippen LogP contribution in [0.2, 0.25) is 5.02 Å². The Hall–Kier alpha value is -2.34. The number of halogens is 2. The van der Waals surface area contributed by atoms with E-state index in [4.69, 9.17) is 16.6 Å². The van der Waals surface area contributed by atoms with Gasteiger partial charge in [0.2, 0.25) is 0 Å². The molecule has 3 aromatic carbocycles. The number of fused-ring (bicyclic) bond motifs is 1. The van der Waals surface area contributed by atoms with E-state index in [9.17, 15) is 8.42 Å². The fourth-order valence-corrected chi connectivity index (χ4v) is 4.93. The Morgan fingerprint density at radius 3 is 2.40 bits per heavy atom. The number of hydrogen-bond acceptors (Lipinski definition) is 3. The van der Waals surface area contributed by atoms with Crippen LogP contribution in [0, 0.1) is 6.92 Å². The lowest BCUT2D eigenvalue weighted by Crippen LogP contribution is -2.29. The molecule has 0 spiro atoms. The van der Waals surface area contributed by atoms with Crippen molar-refractivity contribution in [2.45, 2.75) is 18.2 Å². The van der Waals surface area contributed by atoms with Gasteiger partial charge in [0, 0.05) is 29.7 Å². The third kappa shape index (κ3) is 4.10. The van der Waals surface area contributed by atoms with Crippen LogP contribution >= 0.6 is 24.0 Å². The highest BCUT2D eigenvalue weighted by Crippen LogP contribution is 2.32. The van der Waals surface area contributed by atoms with E-state index < -0.39 is 10.0 Å². The summed E-state index contributed by atoms with van der Waals surface area (Å²) in [5.41, 5.74) is 5.26. The lowest BCUT2D eigenvalue weighted by atomic mass is 9.92. The van der Waals surface area contributed by atoms with Gasteiger partial charge in [-0.1, -0.05) is 53.6 Å². The minimum absolute atomic E-state index is 0. The van der Waals surface area contributed by atoms with Crippen LogP contribution < -0.4 is 4.31 Å². The van der Waals surface area contributed by atoms with Gasteiger partial charge in [-0.15, -0.1) is 12.4 Å². The number of rotatable bonds is 4. The van der Waals surface area contributed by atoms with E-state index in [1.807, 2.05) is 25.1 Å². The first-order valence-corrected chi connectivity index (χ1v) is 11.2. The first kappa shape index (κ1) is 22.3. The highest BCUT2D eigenvalue weighted by molar-refractivity contribution is 7.92. The van der Waals surface area contributed by atoms with Crippen LogP contribution in [-0.4, -0.2) is 27.7 Å². The largest absolute Gasteiger partial charge is 0.284 e. The van der Waals surface area contributed by atoms with Crippen molar-refractivity contribution < 1.29 is 8.42 Å². The normalized spacial score (nSPS) is 13.1. The maximum absolute atomic E-state index is 13.3. The highest BCUT2D eigenvalue weighted by atomic mass is 35.5. The van der Waals surface area contributed by atoms with E-state index in [2.05, 4.69) is 6.07 Å². The van der Waals surface area contributed by atoms with Crippen LogP contribution in [-0.2, 0) is 16.4 Å². The molecule has 4 nitrogen and oxygen atoms in total. The second kappa shape index (κ2) is 8.80. The minimum atomic E-state index is -3.72. The number of anilines is 1. The SMILES string of the molecule is Cc1ccc(S(=O)(=O)N(C)c2ccc(Cl)cc2C2=NCCc3ccccc32)cc1.Cl. The van der Waals surface area contributed by atoms with Crippen LogP contribution in [0.4, 0.5) is 5.69 Å². The zero-order chi connectivity index (χ0) is 20.6. The molecule has 4 rings (SSSR count). The molecule has 156 valence electrons. The molecule has 7 heteroatoms. The first-order chi connectivity index (χ1) is 13.9. The molecule has 0 atom stereocenters. The molecule has 0 fully saturated rings.